The Labute approximate surface area is 123 Å². The second kappa shape index (κ2) is 7.80. The first-order chi connectivity index (χ1) is 9.76. The summed E-state index contributed by atoms with van der Waals surface area (Å²) < 4.78 is 6.10. The summed E-state index contributed by atoms with van der Waals surface area (Å²) in [4.78, 5) is 0. The zero-order chi connectivity index (χ0) is 14.4. The summed E-state index contributed by atoms with van der Waals surface area (Å²) in [6, 6.07) is 11.1. The van der Waals surface area contributed by atoms with Crippen molar-refractivity contribution in [1.29, 1.82) is 0 Å². The van der Waals surface area contributed by atoms with E-state index in [2.05, 4.69) is 56.5 Å². The van der Waals surface area contributed by atoms with Crippen molar-refractivity contribution in [2.75, 3.05) is 13.7 Å². The van der Waals surface area contributed by atoms with Crippen molar-refractivity contribution in [1.82, 2.24) is 5.32 Å². The number of likely N-dealkylation sites (N-methyl/N-ethyl adjacent to an activating group) is 1. The molecule has 1 fully saturated rings. The molecule has 0 heterocycles. The molecule has 0 spiro atoms. The summed E-state index contributed by atoms with van der Waals surface area (Å²) in [5, 5.41) is 3.54. The van der Waals surface area contributed by atoms with E-state index in [0.29, 0.717) is 6.04 Å². The zero-order valence-corrected chi connectivity index (χ0v) is 13.1. The number of ether oxygens (including phenoxy) is 1. The normalized spacial score (nSPS) is 26.1. The average molecular weight is 275 g/mol. The predicted octanol–water partition coefficient (Wildman–Crippen LogP) is 4.18. The van der Waals surface area contributed by atoms with Crippen LogP contribution in [0, 0.1) is 11.8 Å². The first-order valence-electron chi connectivity index (χ1n) is 8.10. The summed E-state index contributed by atoms with van der Waals surface area (Å²) in [5.41, 5.74) is 1.30. The molecular weight excluding hydrogens is 246 g/mol. The highest BCUT2D eigenvalue weighted by atomic mass is 16.5. The zero-order valence-electron chi connectivity index (χ0n) is 13.1. The first kappa shape index (κ1) is 15.5. The molecule has 2 nitrogen and oxygen atoms in total. The van der Waals surface area contributed by atoms with E-state index in [1.165, 1.54) is 31.2 Å². The van der Waals surface area contributed by atoms with Crippen LogP contribution in [-0.4, -0.2) is 19.7 Å². The van der Waals surface area contributed by atoms with E-state index < -0.39 is 0 Å². The Kier molecular flexibility index (Phi) is 6.06. The Morgan fingerprint density at radius 2 is 1.80 bits per heavy atom. The molecule has 0 aromatic heterocycles. The van der Waals surface area contributed by atoms with Gasteiger partial charge >= 0.3 is 0 Å². The van der Waals surface area contributed by atoms with Crippen LogP contribution in [-0.2, 0) is 4.74 Å². The van der Waals surface area contributed by atoms with E-state index in [1.54, 1.807) is 0 Å². The van der Waals surface area contributed by atoms with Gasteiger partial charge in [-0.2, -0.15) is 0 Å². The number of benzene rings is 1. The fourth-order valence-corrected chi connectivity index (χ4v) is 3.51. The fourth-order valence-electron chi connectivity index (χ4n) is 3.51. The molecule has 1 aliphatic carbocycles. The summed E-state index contributed by atoms with van der Waals surface area (Å²) in [5.74, 6) is 1.62. The standard InChI is InChI=1S/C18H29NO/c1-4-20-18(16-8-6-5-7-9-16)17(19-3)15-12-10-14(2)11-13-15/h5-9,14-15,17-19H,4,10-13H2,1-3H3. The minimum absolute atomic E-state index is 0.171. The molecule has 2 heteroatoms. The van der Waals surface area contributed by atoms with Gasteiger partial charge in [0.2, 0.25) is 0 Å². The highest BCUT2D eigenvalue weighted by molar-refractivity contribution is 5.19. The molecule has 1 N–H and O–H groups in total. The van der Waals surface area contributed by atoms with Crippen LogP contribution in [0.1, 0.15) is 51.2 Å². The summed E-state index contributed by atoms with van der Waals surface area (Å²) in [6.45, 7) is 5.23. The molecule has 2 atom stereocenters. The van der Waals surface area contributed by atoms with Crippen molar-refractivity contribution in [2.24, 2.45) is 11.8 Å². The van der Waals surface area contributed by atoms with Crippen LogP contribution in [0.3, 0.4) is 0 Å². The number of hydrogen-bond donors (Lipinski definition) is 1. The van der Waals surface area contributed by atoms with Gasteiger partial charge in [0.25, 0.3) is 0 Å². The van der Waals surface area contributed by atoms with Gasteiger partial charge in [0, 0.05) is 12.6 Å². The molecule has 1 saturated carbocycles. The maximum Gasteiger partial charge on any atom is 0.0980 e. The van der Waals surface area contributed by atoms with E-state index in [0.717, 1.165) is 18.4 Å². The van der Waals surface area contributed by atoms with Crippen molar-refractivity contribution in [3.63, 3.8) is 0 Å². The largest absolute Gasteiger partial charge is 0.372 e. The molecule has 112 valence electrons. The van der Waals surface area contributed by atoms with Crippen LogP contribution in [0.2, 0.25) is 0 Å². The lowest BCUT2D eigenvalue weighted by Crippen LogP contribution is -2.41. The number of hydrogen-bond acceptors (Lipinski definition) is 2. The number of nitrogens with one attached hydrogen (secondary N) is 1. The highest BCUT2D eigenvalue weighted by Gasteiger charge is 2.32. The predicted molar refractivity (Wildman–Crippen MR) is 84.8 cm³/mol. The highest BCUT2D eigenvalue weighted by Crippen LogP contribution is 2.36. The molecule has 0 bridgehead atoms. The van der Waals surface area contributed by atoms with Crippen LogP contribution in [0.15, 0.2) is 30.3 Å². The lowest BCUT2D eigenvalue weighted by atomic mass is 9.77. The summed E-state index contributed by atoms with van der Waals surface area (Å²) in [6.07, 6.45) is 5.53. The Bertz CT molecular complexity index is 370. The molecule has 2 rings (SSSR count). The van der Waals surface area contributed by atoms with Crippen molar-refractivity contribution in [3.8, 4) is 0 Å². The van der Waals surface area contributed by atoms with Crippen LogP contribution < -0.4 is 5.32 Å². The topological polar surface area (TPSA) is 21.3 Å². The molecular formula is C18H29NO. The van der Waals surface area contributed by atoms with Crippen LogP contribution in [0.5, 0.6) is 0 Å². The molecule has 20 heavy (non-hydrogen) atoms. The van der Waals surface area contributed by atoms with Gasteiger partial charge in [0.15, 0.2) is 0 Å². The van der Waals surface area contributed by atoms with E-state index in [4.69, 9.17) is 4.74 Å². The van der Waals surface area contributed by atoms with E-state index >= 15 is 0 Å². The molecule has 1 aromatic carbocycles. The van der Waals surface area contributed by atoms with Crippen LogP contribution in [0.25, 0.3) is 0 Å². The van der Waals surface area contributed by atoms with Crippen molar-refractivity contribution >= 4 is 0 Å². The number of rotatable bonds is 6. The van der Waals surface area contributed by atoms with Gasteiger partial charge in [0.1, 0.15) is 0 Å². The van der Waals surface area contributed by atoms with E-state index in [9.17, 15) is 0 Å². The van der Waals surface area contributed by atoms with Gasteiger partial charge in [-0.1, -0.05) is 50.1 Å². The van der Waals surface area contributed by atoms with Gasteiger partial charge in [-0.3, -0.25) is 0 Å². The van der Waals surface area contributed by atoms with Gasteiger partial charge in [-0.05, 0) is 44.2 Å². The minimum atomic E-state index is 0.171. The van der Waals surface area contributed by atoms with Gasteiger partial charge < -0.3 is 10.1 Å². The van der Waals surface area contributed by atoms with E-state index in [1.807, 2.05) is 0 Å². The summed E-state index contributed by atoms with van der Waals surface area (Å²) >= 11 is 0. The maximum absolute atomic E-state index is 6.10. The fraction of sp³-hybridized carbons (Fsp3) is 0.667. The monoisotopic (exact) mass is 275 g/mol. The van der Waals surface area contributed by atoms with Crippen molar-refractivity contribution < 1.29 is 4.74 Å². The first-order valence-corrected chi connectivity index (χ1v) is 8.10. The quantitative estimate of drug-likeness (QED) is 0.841. The molecule has 0 radical (unpaired) electrons. The SMILES string of the molecule is CCOC(c1ccccc1)C(NC)C1CCC(C)CC1. The third-order valence-electron chi connectivity index (χ3n) is 4.70. The third-order valence-corrected chi connectivity index (χ3v) is 4.70. The van der Waals surface area contributed by atoms with Gasteiger partial charge in [-0.25, -0.2) is 0 Å². The second-order valence-corrected chi connectivity index (χ2v) is 6.12. The van der Waals surface area contributed by atoms with Gasteiger partial charge in [0.05, 0.1) is 6.10 Å². The Morgan fingerprint density at radius 3 is 2.35 bits per heavy atom. The summed E-state index contributed by atoms with van der Waals surface area (Å²) in [7, 11) is 2.08. The van der Waals surface area contributed by atoms with Crippen LogP contribution in [0.4, 0.5) is 0 Å². The lowest BCUT2D eigenvalue weighted by molar-refractivity contribution is 0.0101. The van der Waals surface area contributed by atoms with Crippen molar-refractivity contribution in [2.45, 2.75) is 51.7 Å². The minimum Gasteiger partial charge on any atom is -0.372 e. The van der Waals surface area contributed by atoms with E-state index in [-0.39, 0.29) is 6.10 Å². The smallest absolute Gasteiger partial charge is 0.0980 e. The molecule has 0 aliphatic heterocycles. The molecule has 0 amide bonds. The third kappa shape index (κ3) is 3.83. The molecule has 1 aromatic rings. The Hall–Kier alpha value is -0.860. The Balaban J connectivity index is 2.13. The second-order valence-electron chi connectivity index (χ2n) is 6.12. The molecule has 1 aliphatic rings. The average Bonchev–Trinajstić information content (AvgIpc) is 2.50. The van der Waals surface area contributed by atoms with Crippen LogP contribution >= 0.6 is 0 Å². The molecule has 0 saturated heterocycles. The maximum atomic E-state index is 6.10. The molecule has 2 unspecified atom stereocenters. The van der Waals surface area contributed by atoms with Gasteiger partial charge in [-0.15, -0.1) is 0 Å². The Morgan fingerprint density at radius 1 is 1.15 bits per heavy atom. The van der Waals surface area contributed by atoms with Crippen molar-refractivity contribution in [3.05, 3.63) is 35.9 Å². The lowest BCUT2D eigenvalue weighted by Gasteiger charge is -2.37.